The summed E-state index contributed by atoms with van der Waals surface area (Å²) in [5, 5.41) is 0. The highest BCUT2D eigenvalue weighted by molar-refractivity contribution is 7.65. The summed E-state index contributed by atoms with van der Waals surface area (Å²) in [7, 11) is 0. The van der Waals surface area contributed by atoms with Gasteiger partial charge in [-0.25, -0.2) is 0 Å². The molecule has 0 radical (unpaired) electrons. The molecule has 4 heteroatoms. The normalized spacial score (nSPS) is 14.4. The lowest BCUT2D eigenvalue weighted by Crippen LogP contribution is -2.19. The van der Waals surface area contributed by atoms with Crippen molar-refractivity contribution in [2.45, 2.75) is 64.3 Å². The molecule has 0 aromatic heterocycles. The topological polar surface area (TPSA) is 0 Å². The average molecular weight is 276 g/mol. The number of hydrogen-bond donors (Lipinski definition) is 0. The van der Waals surface area contributed by atoms with E-state index in [0.717, 1.165) is 19.3 Å². The summed E-state index contributed by atoms with van der Waals surface area (Å²) in [5.41, 5.74) is 0.370. The fraction of sp³-hybridized carbons (Fsp3) is 1.00. The van der Waals surface area contributed by atoms with Crippen molar-refractivity contribution in [2.75, 3.05) is 0 Å². The van der Waals surface area contributed by atoms with E-state index < -0.39 is 6.00 Å². The SMILES string of the molecule is CCCCCCC(CCC)[Si](Cl)(Cl)Cl. The highest BCUT2D eigenvalue weighted by Crippen LogP contribution is 2.40. The van der Waals surface area contributed by atoms with E-state index in [2.05, 4.69) is 13.8 Å². The molecule has 1 atom stereocenters. The van der Waals surface area contributed by atoms with Crippen LogP contribution in [0, 0.1) is 0 Å². The van der Waals surface area contributed by atoms with Crippen LogP contribution in [0.25, 0.3) is 0 Å². The van der Waals surface area contributed by atoms with Gasteiger partial charge in [0.05, 0.1) is 0 Å². The maximum atomic E-state index is 6.06. The summed E-state index contributed by atoms with van der Waals surface area (Å²) in [4.78, 5) is 0. The van der Waals surface area contributed by atoms with Crippen molar-refractivity contribution in [1.29, 1.82) is 0 Å². The second kappa shape index (κ2) is 8.26. The fourth-order valence-electron chi connectivity index (χ4n) is 1.64. The van der Waals surface area contributed by atoms with Gasteiger partial charge < -0.3 is 0 Å². The molecule has 0 amide bonds. The third-order valence-electron chi connectivity index (χ3n) is 2.51. The van der Waals surface area contributed by atoms with E-state index in [0.29, 0.717) is 5.54 Å². The van der Waals surface area contributed by atoms with Gasteiger partial charge in [0.1, 0.15) is 0 Å². The summed E-state index contributed by atoms with van der Waals surface area (Å²) >= 11 is 18.2. The molecule has 0 bridgehead atoms. The van der Waals surface area contributed by atoms with Gasteiger partial charge in [0, 0.05) is 0 Å². The van der Waals surface area contributed by atoms with Gasteiger partial charge in [-0.1, -0.05) is 46.0 Å². The average Bonchev–Trinajstić information content (AvgIpc) is 2.08. The minimum absolute atomic E-state index is 0.370. The Morgan fingerprint density at radius 2 is 1.50 bits per heavy atom. The van der Waals surface area contributed by atoms with Crippen LogP contribution in [0.15, 0.2) is 0 Å². The summed E-state index contributed by atoms with van der Waals surface area (Å²) in [5.74, 6) is 0. The van der Waals surface area contributed by atoms with E-state index >= 15 is 0 Å². The van der Waals surface area contributed by atoms with Gasteiger partial charge in [0.2, 0.25) is 0 Å². The molecule has 0 aliphatic carbocycles. The first-order chi connectivity index (χ1) is 6.52. The van der Waals surface area contributed by atoms with Crippen LogP contribution >= 0.6 is 33.2 Å². The van der Waals surface area contributed by atoms with Crippen molar-refractivity contribution in [3.8, 4) is 0 Å². The summed E-state index contributed by atoms with van der Waals surface area (Å²) in [6.07, 6.45) is 8.39. The van der Waals surface area contributed by atoms with Crippen molar-refractivity contribution in [3.05, 3.63) is 0 Å². The van der Waals surface area contributed by atoms with Crippen LogP contribution in [0.1, 0.15) is 58.8 Å². The van der Waals surface area contributed by atoms with Crippen molar-refractivity contribution in [1.82, 2.24) is 0 Å². The van der Waals surface area contributed by atoms with E-state index in [1.807, 2.05) is 0 Å². The number of halogens is 3. The van der Waals surface area contributed by atoms with E-state index in [4.69, 9.17) is 33.2 Å². The van der Waals surface area contributed by atoms with E-state index in [-0.39, 0.29) is 0 Å². The van der Waals surface area contributed by atoms with E-state index in [1.54, 1.807) is 0 Å². The first-order valence-corrected chi connectivity index (χ1v) is 10.7. The number of rotatable bonds is 8. The molecule has 0 aromatic rings. The van der Waals surface area contributed by atoms with Crippen molar-refractivity contribution in [2.24, 2.45) is 0 Å². The summed E-state index contributed by atoms with van der Waals surface area (Å²) in [6.45, 7) is 4.37. The lowest BCUT2D eigenvalue weighted by Gasteiger charge is -2.21. The lowest BCUT2D eigenvalue weighted by atomic mass is 10.1. The molecule has 0 aliphatic rings. The van der Waals surface area contributed by atoms with Gasteiger partial charge in [0.15, 0.2) is 0 Å². The second-order valence-corrected chi connectivity index (χ2v) is 12.9. The zero-order chi connectivity index (χ0) is 11.0. The van der Waals surface area contributed by atoms with Crippen LogP contribution in [-0.4, -0.2) is 6.00 Å². The Morgan fingerprint density at radius 3 is 1.93 bits per heavy atom. The highest BCUT2D eigenvalue weighted by atomic mass is 35.8. The molecule has 0 saturated carbocycles. The van der Waals surface area contributed by atoms with Crippen LogP contribution in [-0.2, 0) is 0 Å². The smallest absolute Gasteiger partial charge is 0.126 e. The Kier molecular flexibility index (Phi) is 8.90. The van der Waals surface area contributed by atoms with Gasteiger partial charge in [-0.2, -0.15) is 0 Å². The van der Waals surface area contributed by atoms with Gasteiger partial charge in [0.25, 0.3) is 0 Å². The molecule has 0 aromatic carbocycles. The van der Waals surface area contributed by atoms with Gasteiger partial charge in [-0.3, -0.25) is 0 Å². The fourth-order valence-corrected chi connectivity index (χ4v) is 4.75. The molecule has 0 nitrogen and oxygen atoms in total. The van der Waals surface area contributed by atoms with Gasteiger partial charge in [-0.05, 0) is 18.4 Å². The molecule has 0 N–H and O–H groups in total. The van der Waals surface area contributed by atoms with Crippen molar-refractivity contribution < 1.29 is 0 Å². The van der Waals surface area contributed by atoms with Crippen LogP contribution in [0.5, 0.6) is 0 Å². The molecule has 1 unspecified atom stereocenters. The first kappa shape index (κ1) is 15.1. The molecule has 0 spiro atoms. The van der Waals surface area contributed by atoms with Gasteiger partial charge >= 0.3 is 6.00 Å². The maximum absolute atomic E-state index is 6.06. The molecule has 0 aliphatic heterocycles. The van der Waals surface area contributed by atoms with E-state index in [9.17, 15) is 0 Å². The predicted octanol–water partition coefficient (Wildman–Crippen LogP) is 5.78. The van der Waals surface area contributed by atoms with Crippen molar-refractivity contribution >= 4 is 39.2 Å². The zero-order valence-corrected chi connectivity index (χ0v) is 12.4. The third kappa shape index (κ3) is 7.39. The van der Waals surface area contributed by atoms with E-state index in [1.165, 1.54) is 25.7 Å². The minimum Gasteiger partial charge on any atom is -0.126 e. The Bertz CT molecular complexity index is 134. The predicted molar refractivity (Wildman–Crippen MR) is 70.7 cm³/mol. The second-order valence-electron chi connectivity index (χ2n) is 3.88. The van der Waals surface area contributed by atoms with Gasteiger partial charge in [-0.15, -0.1) is 33.2 Å². The van der Waals surface area contributed by atoms with Crippen molar-refractivity contribution in [3.63, 3.8) is 0 Å². The Labute approximate surface area is 103 Å². The molecule has 14 heavy (non-hydrogen) atoms. The zero-order valence-electron chi connectivity index (χ0n) is 9.16. The quantitative estimate of drug-likeness (QED) is 0.299. The molecule has 86 valence electrons. The first-order valence-electron chi connectivity index (χ1n) is 5.59. The molecular weight excluding hydrogens is 255 g/mol. The Morgan fingerprint density at radius 1 is 0.857 bits per heavy atom. The largest absolute Gasteiger partial charge is 0.344 e. The third-order valence-corrected chi connectivity index (χ3v) is 6.79. The lowest BCUT2D eigenvalue weighted by molar-refractivity contribution is 0.581. The molecule has 0 saturated heterocycles. The highest BCUT2D eigenvalue weighted by Gasteiger charge is 2.35. The molecular formula is C10H21Cl3Si. The Balaban J connectivity index is 3.74. The van der Waals surface area contributed by atoms with Crippen LogP contribution in [0.4, 0.5) is 0 Å². The number of unbranched alkanes of at least 4 members (excludes halogenated alkanes) is 3. The molecule has 0 rings (SSSR count). The summed E-state index contributed by atoms with van der Waals surface area (Å²) < 4.78 is 0. The standard InChI is InChI=1S/C10H21Cl3Si/c1-3-5-6-7-9-10(8-4-2)14(11,12)13/h10H,3-9H2,1-2H3. The monoisotopic (exact) mass is 274 g/mol. The van der Waals surface area contributed by atoms with Crippen LogP contribution in [0.2, 0.25) is 5.54 Å². The maximum Gasteiger partial charge on any atom is 0.344 e. The summed E-state index contributed by atoms with van der Waals surface area (Å²) in [6, 6.07) is -2.45. The molecule has 0 fully saturated rings. The minimum atomic E-state index is -2.45. The van der Waals surface area contributed by atoms with Crippen LogP contribution in [0.3, 0.4) is 0 Å². The Hall–Kier alpha value is 1.09. The van der Waals surface area contributed by atoms with Crippen LogP contribution < -0.4 is 0 Å². The number of hydrogen-bond acceptors (Lipinski definition) is 0. The molecule has 0 heterocycles.